The highest BCUT2D eigenvalue weighted by molar-refractivity contribution is 6.05. The van der Waals surface area contributed by atoms with Gasteiger partial charge in [0.25, 0.3) is 0 Å². The maximum absolute atomic E-state index is 13.3. The smallest absolute Gasteiger partial charge is 0.215 e. The summed E-state index contributed by atoms with van der Waals surface area (Å²) in [5.41, 5.74) is 3.86. The van der Waals surface area contributed by atoms with Crippen molar-refractivity contribution >= 4 is 21.9 Å². The van der Waals surface area contributed by atoms with Crippen LogP contribution < -0.4 is 0 Å². The molecule has 0 unspecified atom stereocenters. The summed E-state index contributed by atoms with van der Waals surface area (Å²) in [6, 6.07) is 7.58. The number of aryl methyl sites for hydroxylation is 1. The zero-order valence-electron chi connectivity index (χ0n) is 11.3. The number of aromatic nitrogens is 4. The molecule has 0 saturated carbocycles. The van der Waals surface area contributed by atoms with E-state index < -0.39 is 5.95 Å². The van der Waals surface area contributed by atoms with Gasteiger partial charge in [-0.2, -0.15) is 4.39 Å². The van der Waals surface area contributed by atoms with Gasteiger partial charge in [0.05, 0.1) is 11.2 Å². The van der Waals surface area contributed by atoms with E-state index in [1.54, 1.807) is 19.2 Å². The monoisotopic (exact) mass is 278 g/mol. The standard InChI is InChI=1S/C16H11FN4/c1-9-6-10(7-19-15(9)17)13-3-2-11-12-8-18-5-4-14(12)21-16(11)20-13/h2-8H,1H3,(H,20,21). The highest BCUT2D eigenvalue weighted by atomic mass is 19.1. The van der Waals surface area contributed by atoms with Gasteiger partial charge in [0.2, 0.25) is 5.95 Å². The minimum atomic E-state index is -0.448. The third kappa shape index (κ3) is 1.86. The molecule has 4 aromatic heterocycles. The lowest BCUT2D eigenvalue weighted by atomic mass is 10.1. The Morgan fingerprint density at radius 2 is 2.00 bits per heavy atom. The molecule has 0 bridgehead atoms. The van der Waals surface area contributed by atoms with Crippen molar-refractivity contribution in [1.82, 2.24) is 19.9 Å². The first kappa shape index (κ1) is 12.0. The molecule has 21 heavy (non-hydrogen) atoms. The van der Waals surface area contributed by atoms with E-state index in [4.69, 9.17) is 0 Å². The van der Waals surface area contributed by atoms with Gasteiger partial charge in [0.15, 0.2) is 0 Å². The Morgan fingerprint density at radius 1 is 1.10 bits per heavy atom. The molecule has 4 nitrogen and oxygen atoms in total. The molecule has 5 heteroatoms. The summed E-state index contributed by atoms with van der Waals surface area (Å²) in [7, 11) is 0. The van der Waals surface area contributed by atoms with Gasteiger partial charge >= 0.3 is 0 Å². The zero-order chi connectivity index (χ0) is 14.4. The minimum absolute atomic E-state index is 0.448. The third-order valence-corrected chi connectivity index (χ3v) is 3.57. The number of hydrogen-bond acceptors (Lipinski definition) is 3. The third-order valence-electron chi connectivity index (χ3n) is 3.57. The summed E-state index contributed by atoms with van der Waals surface area (Å²) in [5, 5.41) is 2.06. The summed E-state index contributed by atoms with van der Waals surface area (Å²) in [4.78, 5) is 15.8. The second-order valence-corrected chi connectivity index (χ2v) is 4.97. The number of aromatic amines is 1. The lowest BCUT2D eigenvalue weighted by molar-refractivity contribution is 0.575. The predicted molar refractivity (Wildman–Crippen MR) is 79.3 cm³/mol. The molecule has 0 fully saturated rings. The van der Waals surface area contributed by atoms with Crippen LogP contribution in [0, 0.1) is 12.9 Å². The average molecular weight is 278 g/mol. The van der Waals surface area contributed by atoms with Crippen LogP contribution in [-0.4, -0.2) is 19.9 Å². The first-order valence-electron chi connectivity index (χ1n) is 6.57. The summed E-state index contributed by atoms with van der Waals surface area (Å²) >= 11 is 0. The van der Waals surface area contributed by atoms with E-state index in [1.807, 2.05) is 24.4 Å². The van der Waals surface area contributed by atoms with Gasteiger partial charge in [-0.1, -0.05) is 0 Å². The number of nitrogens with one attached hydrogen (secondary N) is 1. The molecule has 1 N–H and O–H groups in total. The maximum Gasteiger partial charge on any atom is 0.215 e. The second-order valence-electron chi connectivity index (χ2n) is 4.97. The lowest BCUT2D eigenvalue weighted by Gasteiger charge is -2.02. The molecule has 0 aromatic carbocycles. The van der Waals surface area contributed by atoms with E-state index >= 15 is 0 Å². The molecule has 0 saturated heterocycles. The molecule has 0 radical (unpaired) electrons. The Balaban J connectivity index is 1.94. The number of hydrogen-bond donors (Lipinski definition) is 1. The molecule has 4 rings (SSSR count). The highest BCUT2D eigenvalue weighted by Crippen LogP contribution is 2.26. The van der Waals surface area contributed by atoms with Crippen molar-refractivity contribution in [3.63, 3.8) is 0 Å². The van der Waals surface area contributed by atoms with E-state index in [9.17, 15) is 4.39 Å². The van der Waals surface area contributed by atoms with Crippen LogP contribution in [0.25, 0.3) is 33.2 Å². The summed E-state index contributed by atoms with van der Waals surface area (Å²) in [6.45, 7) is 1.69. The van der Waals surface area contributed by atoms with Crippen molar-refractivity contribution in [3.8, 4) is 11.3 Å². The minimum Gasteiger partial charge on any atom is -0.339 e. The van der Waals surface area contributed by atoms with Gasteiger partial charge in [0, 0.05) is 40.5 Å². The van der Waals surface area contributed by atoms with Crippen molar-refractivity contribution in [1.29, 1.82) is 0 Å². The topological polar surface area (TPSA) is 54.5 Å². The summed E-state index contributed by atoms with van der Waals surface area (Å²) < 4.78 is 13.3. The molecular weight excluding hydrogens is 267 g/mol. The second kappa shape index (κ2) is 4.34. The van der Waals surface area contributed by atoms with Crippen LogP contribution >= 0.6 is 0 Å². The fraction of sp³-hybridized carbons (Fsp3) is 0.0625. The predicted octanol–water partition coefficient (Wildman–Crippen LogP) is 3.62. The number of halogens is 1. The van der Waals surface area contributed by atoms with Gasteiger partial charge in [-0.15, -0.1) is 0 Å². The van der Waals surface area contributed by atoms with Crippen molar-refractivity contribution in [2.75, 3.05) is 0 Å². The Morgan fingerprint density at radius 3 is 2.86 bits per heavy atom. The normalized spacial score (nSPS) is 11.3. The lowest BCUT2D eigenvalue weighted by Crippen LogP contribution is -1.91. The van der Waals surface area contributed by atoms with Crippen LogP contribution in [0.3, 0.4) is 0 Å². The van der Waals surface area contributed by atoms with E-state index in [0.717, 1.165) is 33.2 Å². The largest absolute Gasteiger partial charge is 0.339 e. The van der Waals surface area contributed by atoms with Crippen LogP contribution in [-0.2, 0) is 0 Å². The fourth-order valence-electron chi connectivity index (χ4n) is 2.48. The molecular formula is C16H11FN4. The number of rotatable bonds is 1. The van der Waals surface area contributed by atoms with Crippen LogP contribution in [0.5, 0.6) is 0 Å². The van der Waals surface area contributed by atoms with Gasteiger partial charge in [0.1, 0.15) is 5.65 Å². The molecule has 0 amide bonds. The van der Waals surface area contributed by atoms with Gasteiger partial charge < -0.3 is 4.98 Å². The summed E-state index contributed by atoms with van der Waals surface area (Å²) in [5.74, 6) is -0.448. The van der Waals surface area contributed by atoms with Gasteiger partial charge in [-0.3, -0.25) is 4.98 Å². The van der Waals surface area contributed by atoms with Crippen LogP contribution in [0.15, 0.2) is 42.9 Å². The van der Waals surface area contributed by atoms with Crippen LogP contribution in [0.4, 0.5) is 4.39 Å². The van der Waals surface area contributed by atoms with E-state index in [0.29, 0.717) is 5.56 Å². The van der Waals surface area contributed by atoms with Crippen molar-refractivity contribution in [2.24, 2.45) is 0 Å². The van der Waals surface area contributed by atoms with E-state index in [-0.39, 0.29) is 0 Å². The van der Waals surface area contributed by atoms with Gasteiger partial charge in [-0.25, -0.2) is 9.97 Å². The quantitative estimate of drug-likeness (QED) is 0.541. The maximum atomic E-state index is 13.3. The molecule has 0 atom stereocenters. The molecule has 0 aliphatic heterocycles. The Kier molecular flexibility index (Phi) is 2.47. The average Bonchev–Trinajstić information content (AvgIpc) is 2.87. The van der Waals surface area contributed by atoms with E-state index in [1.165, 1.54) is 6.20 Å². The SMILES string of the molecule is Cc1cc(-c2ccc3c(n2)[nH]c2ccncc23)cnc1F. The molecule has 4 heterocycles. The summed E-state index contributed by atoms with van der Waals surface area (Å²) in [6.07, 6.45) is 5.06. The zero-order valence-corrected chi connectivity index (χ0v) is 11.3. The van der Waals surface area contributed by atoms with Crippen molar-refractivity contribution in [3.05, 3.63) is 54.4 Å². The van der Waals surface area contributed by atoms with Crippen LogP contribution in [0.2, 0.25) is 0 Å². The van der Waals surface area contributed by atoms with Crippen molar-refractivity contribution in [2.45, 2.75) is 6.92 Å². The highest BCUT2D eigenvalue weighted by Gasteiger charge is 2.09. The Bertz CT molecular complexity index is 975. The first-order valence-corrected chi connectivity index (χ1v) is 6.57. The van der Waals surface area contributed by atoms with Gasteiger partial charge in [-0.05, 0) is 31.2 Å². The molecule has 4 aromatic rings. The number of H-pyrrole nitrogens is 1. The fourth-order valence-corrected chi connectivity index (χ4v) is 2.48. The van der Waals surface area contributed by atoms with E-state index in [2.05, 4.69) is 19.9 Å². The molecule has 0 aliphatic carbocycles. The number of pyridine rings is 3. The first-order chi connectivity index (χ1) is 10.2. The number of fused-ring (bicyclic) bond motifs is 3. The number of nitrogens with zero attached hydrogens (tertiary/aromatic N) is 3. The Hall–Kier alpha value is -2.82. The Labute approximate surface area is 119 Å². The van der Waals surface area contributed by atoms with Crippen molar-refractivity contribution < 1.29 is 4.39 Å². The van der Waals surface area contributed by atoms with Crippen LogP contribution in [0.1, 0.15) is 5.56 Å². The molecule has 102 valence electrons. The molecule has 0 aliphatic rings. The molecule has 0 spiro atoms.